The lowest BCUT2D eigenvalue weighted by Crippen LogP contribution is -2.56. The number of carbonyl (C=O) groups is 3. The Labute approximate surface area is 270 Å². The molecule has 1 atom stereocenters. The predicted octanol–water partition coefficient (Wildman–Crippen LogP) is 3.69. The first-order chi connectivity index (χ1) is 21.8. The van der Waals surface area contributed by atoms with E-state index in [1.54, 1.807) is 11.0 Å². The van der Waals surface area contributed by atoms with Crippen LogP contribution in [0.15, 0.2) is 36.4 Å². The Kier molecular flexibility index (Phi) is 9.67. The van der Waals surface area contributed by atoms with Gasteiger partial charge in [0, 0.05) is 70.0 Å². The van der Waals surface area contributed by atoms with Crippen LogP contribution < -0.4 is 16.4 Å². The number of hydrogen-bond acceptors (Lipinski definition) is 7. The molecule has 0 saturated carbocycles. The Bertz CT molecular complexity index is 1380. The zero-order chi connectivity index (χ0) is 31.5. The first-order valence-corrected chi connectivity index (χ1v) is 16.5. The Morgan fingerprint density at radius 3 is 2.40 bits per heavy atom. The number of aryl methyl sites for hydroxylation is 1. The number of piperidine rings is 2. The van der Waals surface area contributed by atoms with Crippen molar-refractivity contribution >= 4 is 41.0 Å². The predicted molar refractivity (Wildman–Crippen MR) is 174 cm³/mol. The molecule has 12 heteroatoms. The second-order valence-corrected chi connectivity index (χ2v) is 13.1. The Balaban J connectivity index is 1.09. The van der Waals surface area contributed by atoms with Crippen LogP contribution in [0.25, 0.3) is 0 Å². The van der Waals surface area contributed by atoms with E-state index in [0.29, 0.717) is 62.3 Å². The van der Waals surface area contributed by atoms with E-state index in [0.717, 1.165) is 61.4 Å². The number of halogens is 1. The molecule has 11 nitrogen and oxygen atoms in total. The average molecular weight is 638 g/mol. The molecule has 4 aliphatic heterocycles. The van der Waals surface area contributed by atoms with Crippen LogP contribution in [0, 0.1) is 6.92 Å². The van der Waals surface area contributed by atoms with Gasteiger partial charge >= 0.3 is 12.1 Å². The fourth-order valence-corrected chi connectivity index (χ4v) is 7.38. The molecule has 4 N–H and O–H groups in total. The van der Waals surface area contributed by atoms with E-state index in [-0.39, 0.29) is 24.4 Å². The van der Waals surface area contributed by atoms with Gasteiger partial charge in [0.15, 0.2) is 6.10 Å². The van der Waals surface area contributed by atoms with Gasteiger partial charge in [-0.1, -0.05) is 35.9 Å². The van der Waals surface area contributed by atoms with Crippen molar-refractivity contribution in [1.82, 2.24) is 24.9 Å². The van der Waals surface area contributed by atoms with Crippen molar-refractivity contribution < 1.29 is 19.1 Å². The number of nitrogens with two attached hydrogens (primary N) is 1. The van der Waals surface area contributed by atoms with E-state index in [1.165, 1.54) is 0 Å². The molecule has 0 unspecified atom stereocenters. The lowest BCUT2D eigenvalue weighted by atomic mass is 10.0. The molecule has 242 valence electrons. The summed E-state index contributed by atoms with van der Waals surface area (Å²) in [5.74, 6) is -0.183. The van der Waals surface area contributed by atoms with Gasteiger partial charge in [-0.25, -0.2) is 9.59 Å². The Morgan fingerprint density at radius 1 is 0.978 bits per heavy atom. The van der Waals surface area contributed by atoms with Crippen LogP contribution in [0.5, 0.6) is 0 Å². The number of piperazine rings is 1. The minimum absolute atomic E-state index is 0.0102. The number of urea groups is 1. The van der Waals surface area contributed by atoms with Crippen molar-refractivity contribution in [3.05, 3.63) is 58.1 Å². The molecule has 0 aromatic heterocycles. The number of benzene rings is 2. The van der Waals surface area contributed by atoms with Crippen molar-refractivity contribution in [2.75, 3.05) is 63.4 Å². The second kappa shape index (κ2) is 13.8. The standard InChI is InChI=1S/C33H44ClN7O4/c1-22-18-23(19-27(34)30(22)35)20-29(31(42)39-16-14-38(15-17-39)25-6-10-36-11-7-25)45-33(44)40-12-8-26(9-13-40)41-21-24-4-2-3-5-28(24)37-32(41)43/h2-5,18-19,25-26,29,36H,6-17,20-21,35H2,1H3,(H,37,43)/t29-/m1/s1. The lowest BCUT2D eigenvalue weighted by Gasteiger charge is -2.42. The van der Waals surface area contributed by atoms with Crippen molar-refractivity contribution in [2.24, 2.45) is 0 Å². The summed E-state index contributed by atoms with van der Waals surface area (Å²) in [6.07, 6.45) is 2.24. The van der Waals surface area contributed by atoms with Crippen LogP contribution in [-0.2, 0) is 22.5 Å². The van der Waals surface area contributed by atoms with Crippen LogP contribution in [0.2, 0.25) is 5.02 Å². The van der Waals surface area contributed by atoms with Gasteiger partial charge in [-0.05, 0) is 74.5 Å². The van der Waals surface area contributed by atoms with Crippen molar-refractivity contribution in [3.63, 3.8) is 0 Å². The maximum atomic E-state index is 13.9. The summed E-state index contributed by atoms with van der Waals surface area (Å²) in [5, 5.41) is 6.82. The number of carbonyl (C=O) groups excluding carboxylic acids is 3. The van der Waals surface area contributed by atoms with Gasteiger partial charge in [0.2, 0.25) is 0 Å². The van der Waals surface area contributed by atoms with Crippen LogP contribution in [0.3, 0.4) is 0 Å². The Morgan fingerprint density at radius 2 is 1.69 bits per heavy atom. The van der Waals surface area contributed by atoms with Gasteiger partial charge in [0.05, 0.1) is 10.7 Å². The molecular weight excluding hydrogens is 594 g/mol. The molecule has 2 aromatic rings. The molecule has 4 aliphatic rings. The minimum Gasteiger partial charge on any atom is -0.436 e. The summed E-state index contributed by atoms with van der Waals surface area (Å²) in [6, 6.07) is 11.9. The first-order valence-electron chi connectivity index (χ1n) is 16.2. The number of para-hydroxylation sites is 1. The largest absolute Gasteiger partial charge is 0.436 e. The number of likely N-dealkylation sites (tertiary alicyclic amines) is 1. The topological polar surface area (TPSA) is 123 Å². The molecule has 0 bridgehead atoms. The summed E-state index contributed by atoms with van der Waals surface area (Å²) in [5.41, 5.74) is 10.1. The average Bonchev–Trinajstić information content (AvgIpc) is 3.06. The normalized spacial score (nSPS) is 20.8. The molecule has 45 heavy (non-hydrogen) atoms. The van der Waals surface area contributed by atoms with Crippen LogP contribution in [0.1, 0.15) is 42.4 Å². The number of rotatable bonds is 6. The van der Waals surface area contributed by atoms with E-state index >= 15 is 0 Å². The number of amides is 4. The molecular formula is C33H44ClN7O4. The van der Waals surface area contributed by atoms with Gasteiger partial charge in [0.1, 0.15) is 0 Å². The van der Waals surface area contributed by atoms with Gasteiger partial charge < -0.3 is 35.8 Å². The van der Waals surface area contributed by atoms with E-state index in [2.05, 4.69) is 15.5 Å². The lowest BCUT2D eigenvalue weighted by molar-refractivity contribution is -0.143. The number of fused-ring (bicyclic) bond motifs is 1. The summed E-state index contributed by atoms with van der Waals surface area (Å²) in [7, 11) is 0. The van der Waals surface area contributed by atoms with Gasteiger partial charge in [-0.2, -0.15) is 0 Å². The van der Waals surface area contributed by atoms with Crippen molar-refractivity contribution in [2.45, 2.75) is 63.8 Å². The van der Waals surface area contributed by atoms with Crippen LogP contribution in [0.4, 0.5) is 21.0 Å². The summed E-state index contributed by atoms with van der Waals surface area (Å²) in [4.78, 5) is 48.1. The number of nitrogens with one attached hydrogen (secondary N) is 2. The number of ether oxygens (including phenoxy) is 1. The second-order valence-electron chi connectivity index (χ2n) is 12.7. The van der Waals surface area contributed by atoms with Gasteiger partial charge in [-0.3, -0.25) is 9.69 Å². The zero-order valence-electron chi connectivity index (χ0n) is 26.0. The highest BCUT2D eigenvalue weighted by atomic mass is 35.5. The summed E-state index contributed by atoms with van der Waals surface area (Å²) < 4.78 is 6.02. The maximum absolute atomic E-state index is 13.9. The zero-order valence-corrected chi connectivity index (χ0v) is 26.7. The molecule has 4 amide bonds. The minimum atomic E-state index is -0.982. The van der Waals surface area contributed by atoms with Crippen molar-refractivity contribution in [1.29, 1.82) is 0 Å². The summed E-state index contributed by atoms with van der Waals surface area (Å²) >= 11 is 6.39. The van der Waals surface area contributed by atoms with E-state index in [1.807, 2.05) is 47.1 Å². The van der Waals surface area contributed by atoms with E-state index in [4.69, 9.17) is 22.1 Å². The smallest absolute Gasteiger partial charge is 0.410 e. The number of nitrogens with zero attached hydrogens (tertiary/aromatic N) is 4. The monoisotopic (exact) mass is 637 g/mol. The SMILES string of the molecule is Cc1cc(C[C@@H](OC(=O)N2CCC(N3Cc4ccccc4NC3=O)CC2)C(=O)N2CCN(C3CCNCC3)CC2)cc(Cl)c1N. The molecule has 0 radical (unpaired) electrons. The van der Waals surface area contributed by atoms with Gasteiger partial charge in [-0.15, -0.1) is 0 Å². The summed E-state index contributed by atoms with van der Waals surface area (Å²) in [6.45, 7) is 8.19. The van der Waals surface area contributed by atoms with E-state index < -0.39 is 12.2 Å². The molecule has 0 spiro atoms. The third-order valence-corrected chi connectivity index (χ3v) is 10.1. The molecule has 0 aliphatic carbocycles. The van der Waals surface area contributed by atoms with Gasteiger partial charge in [0.25, 0.3) is 5.91 Å². The third-order valence-electron chi connectivity index (χ3n) is 9.81. The fraction of sp³-hybridized carbons (Fsp3) is 0.545. The third kappa shape index (κ3) is 7.15. The highest BCUT2D eigenvalue weighted by molar-refractivity contribution is 6.33. The molecule has 4 heterocycles. The van der Waals surface area contributed by atoms with E-state index in [9.17, 15) is 14.4 Å². The maximum Gasteiger partial charge on any atom is 0.410 e. The number of hydrogen-bond donors (Lipinski definition) is 3. The molecule has 3 saturated heterocycles. The number of nitrogen functional groups attached to an aromatic ring is 1. The quantitative estimate of drug-likeness (QED) is 0.413. The van der Waals surface area contributed by atoms with Crippen LogP contribution >= 0.6 is 11.6 Å². The number of anilines is 2. The van der Waals surface area contributed by atoms with Crippen LogP contribution in [-0.4, -0.2) is 108 Å². The highest BCUT2D eigenvalue weighted by Crippen LogP contribution is 2.29. The molecule has 6 rings (SSSR count). The fourth-order valence-electron chi connectivity index (χ4n) is 7.09. The van der Waals surface area contributed by atoms with Crippen molar-refractivity contribution in [3.8, 4) is 0 Å². The highest BCUT2D eigenvalue weighted by Gasteiger charge is 2.36. The molecule has 3 fully saturated rings. The Hall–Kier alpha value is -3.54. The molecule has 2 aromatic carbocycles. The first kappa shape index (κ1) is 31.4.